The molecule has 0 saturated heterocycles. The predicted molar refractivity (Wildman–Crippen MR) is 71.9 cm³/mol. The van der Waals surface area contributed by atoms with Gasteiger partial charge in [0.05, 0.1) is 0 Å². The van der Waals surface area contributed by atoms with Gasteiger partial charge in [-0.05, 0) is 36.0 Å². The van der Waals surface area contributed by atoms with Crippen molar-refractivity contribution >= 4 is 27.5 Å². The van der Waals surface area contributed by atoms with Crippen molar-refractivity contribution in [2.75, 3.05) is 0 Å². The second-order valence-corrected chi connectivity index (χ2v) is 6.54. The minimum Gasteiger partial charge on any atom is -0.0885 e. The molecule has 1 aromatic carbocycles. The Morgan fingerprint density at radius 2 is 1.73 bits per heavy atom. The highest BCUT2D eigenvalue weighted by atomic mass is 79.9. The van der Waals surface area contributed by atoms with Crippen LogP contribution in [0.1, 0.15) is 32.8 Å². The van der Waals surface area contributed by atoms with Gasteiger partial charge in [-0.15, -0.1) is 0 Å². The van der Waals surface area contributed by atoms with Gasteiger partial charge in [0, 0.05) is 9.85 Å². The Bertz CT molecular complexity index is 297. The summed E-state index contributed by atoms with van der Waals surface area (Å²) in [7, 11) is 0. The van der Waals surface area contributed by atoms with Crippen molar-refractivity contribution < 1.29 is 0 Å². The molecule has 0 aliphatic carbocycles. The topological polar surface area (TPSA) is 0 Å². The van der Waals surface area contributed by atoms with E-state index in [1.165, 1.54) is 5.56 Å². The highest BCUT2D eigenvalue weighted by molar-refractivity contribution is 9.09. The Kier molecular flexibility index (Phi) is 4.66. The normalized spacial score (nSPS) is 13.9. The van der Waals surface area contributed by atoms with E-state index in [1.807, 2.05) is 12.1 Å². The second kappa shape index (κ2) is 5.36. The first kappa shape index (κ1) is 13.1. The van der Waals surface area contributed by atoms with E-state index in [-0.39, 0.29) is 0 Å². The first-order chi connectivity index (χ1) is 6.89. The molecule has 0 radical (unpaired) electrons. The van der Waals surface area contributed by atoms with Crippen LogP contribution in [-0.2, 0) is 6.42 Å². The molecule has 1 rings (SSSR count). The van der Waals surface area contributed by atoms with Crippen LogP contribution in [0, 0.1) is 5.41 Å². The fourth-order valence-corrected chi connectivity index (χ4v) is 1.73. The maximum atomic E-state index is 5.84. The third-order valence-corrected chi connectivity index (χ3v) is 4.62. The highest BCUT2D eigenvalue weighted by Crippen LogP contribution is 2.29. The average molecular weight is 290 g/mol. The molecule has 0 bridgehead atoms. The summed E-state index contributed by atoms with van der Waals surface area (Å²) in [4.78, 5) is 0.556. The summed E-state index contributed by atoms with van der Waals surface area (Å²) in [5, 5.41) is 0.810. The monoisotopic (exact) mass is 288 g/mol. The minimum absolute atomic E-state index is 0.326. The number of benzene rings is 1. The quantitative estimate of drug-likeness (QED) is 0.681. The van der Waals surface area contributed by atoms with E-state index in [2.05, 4.69) is 48.8 Å². The zero-order valence-electron chi connectivity index (χ0n) is 9.56. The molecule has 0 saturated carbocycles. The molecule has 0 fully saturated rings. The molecule has 0 heterocycles. The van der Waals surface area contributed by atoms with Crippen LogP contribution < -0.4 is 0 Å². The second-order valence-electron chi connectivity index (χ2n) is 5.00. The Morgan fingerprint density at radius 1 is 1.20 bits per heavy atom. The number of hydrogen-bond donors (Lipinski definition) is 0. The van der Waals surface area contributed by atoms with Gasteiger partial charge in [-0.1, -0.05) is 60.4 Å². The Labute approximate surface area is 106 Å². The molecule has 84 valence electrons. The molecule has 15 heavy (non-hydrogen) atoms. The van der Waals surface area contributed by atoms with Crippen molar-refractivity contribution in [3.8, 4) is 0 Å². The van der Waals surface area contributed by atoms with Crippen LogP contribution in [0.3, 0.4) is 0 Å². The van der Waals surface area contributed by atoms with Crippen molar-refractivity contribution in [1.82, 2.24) is 0 Å². The van der Waals surface area contributed by atoms with Crippen LogP contribution >= 0.6 is 27.5 Å². The van der Waals surface area contributed by atoms with Crippen molar-refractivity contribution in [1.29, 1.82) is 0 Å². The summed E-state index contributed by atoms with van der Waals surface area (Å²) in [5.74, 6) is 0. The Hall–Kier alpha value is -0.0100. The van der Waals surface area contributed by atoms with E-state index in [0.29, 0.717) is 10.2 Å². The molecule has 0 N–H and O–H groups in total. The third-order valence-electron chi connectivity index (χ3n) is 2.54. The zero-order chi connectivity index (χ0) is 11.5. The zero-order valence-corrected chi connectivity index (χ0v) is 11.9. The van der Waals surface area contributed by atoms with Crippen molar-refractivity contribution in [3.63, 3.8) is 0 Å². The third kappa shape index (κ3) is 4.56. The molecule has 0 aliphatic heterocycles. The molecule has 0 nitrogen and oxygen atoms in total. The smallest absolute Gasteiger partial charge is 0.0406 e. The number of hydrogen-bond acceptors (Lipinski definition) is 0. The number of alkyl halides is 1. The summed E-state index contributed by atoms with van der Waals surface area (Å²) < 4.78 is 0. The van der Waals surface area contributed by atoms with Crippen LogP contribution in [0.15, 0.2) is 24.3 Å². The van der Waals surface area contributed by atoms with E-state index in [0.717, 1.165) is 17.9 Å². The molecule has 1 aromatic rings. The molecule has 0 amide bonds. The van der Waals surface area contributed by atoms with Gasteiger partial charge in [0.1, 0.15) is 0 Å². The lowest BCUT2D eigenvalue weighted by Crippen LogP contribution is -2.20. The lowest BCUT2D eigenvalue weighted by molar-refractivity contribution is 0.386. The molecular formula is C13H18BrCl. The molecule has 2 heteroatoms. The number of aryl methyl sites for hydroxylation is 1. The van der Waals surface area contributed by atoms with Gasteiger partial charge in [-0.2, -0.15) is 0 Å². The maximum absolute atomic E-state index is 5.84. The van der Waals surface area contributed by atoms with Gasteiger partial charge in [0.2, 0.25) is 0 Å². The number of rotatable bonds is 3. The van der Waals surface area contributed by atoms with Crippen LogP contribution in [0.25, 0.3) is 0 Å². The van der Waals surface area contributed by atoms with E-state index in [1.54, 1.807) is 0 Å². The molecule has 1 unspecified atom stereocenters. The SMILES string of the molecule is CC(C)(C)C(Br)CCc1ccc(Cl)cc1. The van der Waals surface area contributed by atoms with Crippen LogP contribution in [0.4, 0.5) is 0 Å². The van der Waals surface area contributed by atoms with Gasteiger partial charge >= 0.3 is 0 Å². The lowest BCUT2D eigenvalue weighted by Gasteiger charge is -2.25. The Morgan fingerprint density at radius 3 is 2.20 bits per heavy atom. The predicted octanol–water partition coefficient (Wildman–Crippen LogP) is 5.08. The average Bonchev–Trinajstić information content (AvgIpc) is 2.15. The van der Waals surface area contributed by atoms with E-state index in [4.69, 9.17) is 11.6 Å². The molecule has 1 atom stereocenters. The standard InChI is InChI=1S/C13H18BrCl/c1-13(2,3)12(14)9-6-10-4-7-11(15)8-5-10/h4-5,7-8,12H,6,9H2,1-3H3. The van der Waals surface area contributed by atoms with E-state index in [9.17, 15) is 0 Å². The Balaban J connectivity index is 2.47. The van der Waals surface area contributed by atoms with Crippen molar-refractivity contribution in [2.24, 2.45) is 5.41 Å². The van der Waals surface area contributed by atoms with Crippen LogP contribution in [-0.4, -0.2) is 4.83 Å². The summed E-state index contributed by atoms with van der Waals surface area (Å²) >= 11 is 9.58. The molecule has 0 aromatic heterocycles. The van der Waals surface area contributed by atoms with Crippen molar-refractivity contribution in [3.05, 3.63) is 34.9 Å². The van der Waals surface area contributed by atoms with Gasteiger partial charge in [-0.25, -0.2) is 0 Å². The molecule has 0 spiro atoms. The van der Waals surface area contributed by atoms with Gasteiger partial charge in [0.25, 0.3) is 0 Å². The fraction of sp³-hybridized carbons (Fsp3) is 0.538. The van der Waals surface area contributed by atoms with Crippen molar-refractivity contribution in [2.45, 2.75) is 38.4 Å². The van der Waals surface area contributed by atoms with Gasteiger partial charge in [0.15, 0.2) is 0 Å². The first-order valence-corrected chi connectivity index (χ1v) is 6.57. The van der Waals surface area contributed by atoms with Crippen LogP contribution in [0.2, 0.25) is 5.02 Å². The minimum atomic E-state index is 0.326. The number of halogens is 2. The lowest BCUT2D eigenvalue weighted by atomic mass is 9.89. The van der Waals surface area contributed by atoms with Gasteiger partial charge in [-0.3, -0.25) is 0 Å². The largest absolute Gasteiger partial charge is 0.0885 e. The fourth-order valence-electron chi connectivity index (χ4n) is 1.38. The molecule has 0 aliphatic rings. The highest BCUT2D eigenvalue weighted by Gasteiger charge is 2.20. The van der Waals surface area contributed by atoms with Gasteiger partial charge < -0.3 is 0 Å². The summed E-state index contributed by atoms with van der Waals surface area (Å²) in [5.41, 5.74) is 1.68. The first-order valence-electron chi connectivity index (χ1n) is 5.28. The molecular weight excluding hydrogens is 272 g/mol. The summed E-state index contributed by atoms with van der Waals surface area (Å²) in [6.45, 7) is 6.77. The summed E-state index contributed by atoms with van der Waals surface area (Å²) in [6, 6.07) is 8.11. The van der Waals surface area contributed by atoms with E-state index < -0.39 is 0 Å². The van der Waals surface area contributed by atoms with Crippen LogP contribution in [0.5, 0.6) is 0 Å². The summed E-state index contributed by atoms with van der Waals surface area (Å²) in [6.07, 6.45) is 2.26. The van der Waals surface area contributed by atoms with E-state index >= 15 is 0 Å². The maximum Gasteiger partial charge on any atom is 0.0406 e.